The number of nitrogens with one attached hydrogen (secondary N) is 1. The number of hydrogen-bond acceptors (Lipinski definition) is 3. The van der Waals surface area contributed by atoms with Crippen LogP contribution in [0.4, 0.5) is 0 Å². The average Bonchev–Trinajstić information content (AvgIpc) is 3.21. The maximum absolute atomic E-state index is 12.0. The van der Waals surface area contributed by atoms with E-state index in [0.717, 1.165) is 18.4 Å². The second kappa shape index (κ2) is 5.98. The van der Waals surface area contributed by atoms with Crippen molar-refractivity contribution in [1.82, 2.24) is 5.32 Å². The number of rotatable bonds is 6. The van der Waals surface area contributed by atoms with Gasteiger partial charge < -0.3 is 16.8 Å². The molecule has 0 bridgehead atoms. The molecule has 1 fully saturated rings. The van der Waals surface area contributed by atoms with Gasteiger partial charge in [-0.05, 0) is 30.7 Å². The molecule has 18 heavy (non-hydrogen) atoms. The van der Waals surface area contributed by atoms with Crippen LogP contribution in [-0.4, -0.2) is 24.5 Å². The first kappa shape index (κ1) is 13.1. The fourth-order valence-electron chi connectivity index (χ4n) is 2.12. The van der Waals surface area contributed by atoms with Crippen LogP contribution < -0.4 is 16.8 Å². The summed E-state index contributed by atoms with van der Waals surface area (Å²) in [5, 5.41) is 2.96. The van der Waals surface area contributed by atoms with E-state index < -0.39 is 6.04 Å². The Morgan fingerprint density at radius 1 is 1.33 bits per heavy atom. The third-order valence-corrected chi connectivity index (χ3v) is 3.41. The summed E-state index contributed by atoms with van der Waals surface area (Å²) in [6, 6.07) is 9.41. The van der Waals surface area contributed by atoms with Gasteiger partial charge in [-0.1, -0.05) is 30.3 Å². The molecule has 0 aliphatic heterocycles. The topological polar surface area (TPSA) is 81.1 Å². The van der Waals surface area contributed by atoms with Crippen molar-refractivity contribution < 1.29 is 4.79 Å². The van der Waals surface area contributed by atoms with Crippen LogP contribution >= 0.6 is 0 Å². The highest BCUT2D eigenvalue weighted by atomic mass is 16.2. The minimum atomic E-state index is -0.500. The van der Waals surface area contributed by atoms with Crippen molar-refractivity contribution in [2.75, 3.05) is 6.54 Å². The lowest BCUT2D eigenvalue weighted by Crippen LogP contribution is -2.49. The lowest BCUT2D eigenvalue weighted by molar-refractivity contribution is -0.123. The lowest BCUT2D eigenvalue weighted by Gasteiger charge is -2.19. The van der Waals surface area contributed by atoms with Crippen LogP contribution in [0.1, 0.15) is 18.4 Å². The minimum Gasteiger partial charge on any atom is -0.350 e. The van der Waals surface area contributed by atoms with Crippen molar-refractivity contribution >= 4 is 5.91 Å². The van der Waals surface area contributed by atoms with E-state index >= 15 is 0 Å². The van der Waals surface area contributed by atoms with Gasteiger partial charge in [0.05, 0.1) is 6.04 Å². The van der Waals surface area contributed by atoms with Gasteiger partial charge in [0.1, 0.15) is 0 Å². The molecule has 1 unspecified atom stereocenters. The Morgan fingerprint density at radius 3 is 2.56 bits per heavy atom. The molecule has 4 nitrogen and oxygen atoms in total. The molecule has 4 heteroatoms. The van der Waals surface area contributed by atoms with Crippen molar-refractivity contribution in [1.29, 1.82) is 0 Å². The maximum atomic E-state index is 12.0. The van der Waals surface area contributed by atoms with E-state index in [2.05, 4.69) is 5.32 Å². The molecule has 98 valence electrons. The Labute approximate surface area is 108 Å². The fraction of sp³-hybridized carbons (Fsp3) is 0.500. The van der Waals surface area contributed by atoms with Gasteiger partial charge in [-0.25, -0.2) is 0 Å². The first-order valence-electron chi connectivity index (χ1n) is 6.50. The van der Waals surface area contributed by atoms with Gasteiger partial charge in [-0.2, -0.15) is 0 Å². The van der Waals surface area contributed by atoms with Crippen molar-refractivity contribution in [3.8, 4) is 0 Å². The van der Waals surface area contributed by atoms with Gasteiger partial charge >= 0.3 is 0 Å². The first-order valence-corrected chi connectivity index (χ1v) is 6.50. The molecule has 1 aromatic rings. The van der Waals surface area contributed by atoms with Gasteiger partial charge in [-0.15, -0.1) is 0 Å². The highest BCUT2D eigenvalue weighted by Crippen LogP contribution is 2.32. The standard InChI is InChI=1S/C14H21N3O/c15-9-13(11-6-7-11)17-14(18)12(16)8-10-4-2-1-3-5-10/h1-5,11-13H,6-9,15-16H2,(H,17,18)/t12-,13?/m0/s1. The second-order valence-electron chi connectivity index (χ2n) is 4.98. The minimum absolute atomic E-state index is 0.0961. The molecule has 0 heterocycles. The molecule has 1 aliphatic rings. The lowest BCUT2D eigenvalue weighted by atomic mass is 10.1. The van der Waals surface area contributed by atoms with Crippen molar-refractivity contribution in [3.63, 3.8) is 0 Å². The van der Waals surface area contributed by atoms with Crippen molar-refractivity contribution in [2.24, 2.45) is 17.4 Å². The van der Waals surface area contributed by atoms with Crippen molar-refractivity contribution in [3.05, 3.63) is 35.9 Å². The van der Waals surface area contributed by atoms with Crippen LogP contribution in [0.5, 0.6) is 0 Å². The van der Waals surface area contributed by atoms with Crippen LogP contribution in [0.2, 0.25) is 0 Å². The monoisotopic (exact) mass is 247 g/mol. The summed E-state index contributed by atoms with van der Waals surface area (Å²) < 4.78 is 0. The summed E-state index contributed by atoms with van der Waals surface area (Å²) in [7, 11) is 0. The molecule has 2 rings (SSSR count). The average molecular weight is 247 g/mol. The number of carbonyl (C=O) groups is 1. The first-order chi connectivity index (χ1) is 8.70. The van der Waals surface area contributed by atoms with E-state index in [1.54, 1.807) is 0 Å². The highest BCUT2D eigenvalue weighted by molar-refractivity contribution is 5.82. The number of benzene rings is 1. The molecule has 1 aromatic carbocycles. The van der Waals surface area contributed by atoms with Gasteiger partial charge in [0, 0.05) is 12.6 Å². The van der Waals surface area contributed by atoms with Gasteiger partial charge in [0.25, 0.3) is 0 Å². The van der Waals surface area contributed by atoms with E-state index in [1.165, 1.54) is 0 Å². The summed E-state index contributed by atoms with van der Waals surface area (Å²) in [4.78, 5) is 12.0. The molecule has 0 aromatic heterocycles. The number of amides is 1. The largest absolute Gasteiger partial charge is 0.350 e. The number of carbonyl (C=O) groups excluding carboxylic acids is 1. The zero-order chi connectivity index (χ0) is 13.0. The second-order valence-corrected chi connectivity index (χ2v) is 4.98. The summed E-state index contributed by atoms with van der Waals surface area (Å²) in [6.45, 7) is 0.495. The van der Waals surface area contributed by atoms with Gasteiger partial charge in [0.2, 0.25) is 5.91 Å². The SMILES string of the molecule is NCC(NC(=O)[C@@H](N)Cc1ccccc1)C1CC1. The third kappa shape index (κ3) is 3.55. The van der Waals surface area contributed by atoms with E-state index in [9.17, 15) is 4.79 Å². The zero-order valence-corrected chi connectivity index (χ0v) is 10.5. The smallest absolute Gasteiger partial charge is 0.237 e. The molecular formula is C14H21N3O. The summed E-state index contributed by atoms with van der Waals surface area (Å²) in [5.41, 5.74) is 12.7. The molecule has 0 saturated heterocycles. The van der Waals surface area contributed by atoms with Crippen LogP contribution in [0.15, 0.2) is 30.3 Å². The predicted octanol–water partition coefficient (Wildman–Crippen LogP) is 0.410. The third-order valence-electron chi connectivity index (χ3n) is 3.41. The molecule has 0 radical (unpaired) electrons. The Hall–Kier alpha value is -1.39. The van der Waals surface area contributed by atoms with Gasteiger partial charge in [-0.3, -0.25) is 4.79 Å². The van der Waals surface area contributed by atoms with Crippen LogP contribution in [0, 0.1) is 5.92 Å². The Kier molecular flexibility index (Phi) is 4.33. The summed E-state index contributed by atoms with van der Waals surface area (Å²) in [6.07, 6.45) is 2.89. The van der Waals surface area contributed by atoms with Crippen LogP contribution in [-0.2, 0) is 11.2 Å². The normalized spacial score (nSPS) is 18.1. The van der Waals surface area contributed by atoms with E-state index in [-0.39, 0.29) is 11.9 Å². The quantitative estimate of drug-likeness (QED) is 0.681. The van der Waals surface area contributed by atoms with E-state index in [0.29, 0.717) is 18.9 Å². The van der Waals surface area contributed by atoms with Crippen LogP contribution in [0.3, 0.4) is 0 Å². The highest BCUT2D eigenvalue weighted by Gasteiger charge is 2.32. The predicted molar refractivity (Wildman–Crippen MR) is 71.8 cm³/mol. The maximum Gasteiger partial charge on any atom is 0.237 e. The van der Waals surface area contributed by atoms with E-state index in [1.807, 2.05) is 30.3 Å². The summed E-state index contributed by atoms with van der Waals surface area (Å²) >= 11 is 0. The fourth-order valence-corrected chi connectivity index (χ4v) is 2.12. The molecule has 2 atom stereocenters. The number of nitrogens with two attached hydrogens (primary N) is 2. The number of hydrogen-bond donors (Lipinski definition) is 3. The van der Waals surface area contributed by atoms with Crippen LogP contribution in [0.25, 0.3) is 0 Å². The molecular weight excluding hydrogens is 226 g/mol. The molecule has 1 aliphatic carbocycles. The van der Waals surface area contributed by atoms with E-state index in [4.69, 9.17) is 11.5 Å². The molecule has 1 amide bonds. The summed E-state index contributed by atoms with van der Waals surface area (Å²) in [5.74, 6) is 0.462. The van der Waals surface area contributed by atoms with Gasteiger partial charge in [0.15, 0.2) is 0 Å². The zero-order valence-electron chi connectivity index (χ0n) is 10.5. The molecule has 1 saturated carbocycles. The molecule has 5 N–H and O–H groups in total. The Morgan fingerprint density at radius 2 is 2.00 bits per heavy atom. The Bertz CT molecular complexity index is 389. The van der Waals surface area contributed by atoms with Crippen molar-refractivity contribution in [2.45, 2.75) is 31.3 Å². The Balaban J connectivity index is 1.84. The molecule has 0 spiro atoms.